The fourth-order valence-electron chi connectivity index (χ4n) is 1.44. The lowest BCUT2D eigenvalue weighted by atomic mass is 10.0. The van der Waals surface area contributed by atoms with Crippen LogP contribution >= 0.6 is 11.6 Å². The first-order valence-electron chi connectivity index (χ1n) is 4.48. The van der Waals surface area contributed by atoms with Gasteiger partial charge in [-0.25, -0.2) is 9.79 Å². The predicted molar refractivity (Wildman–Crippen MR) is 59.3 cm³/mol. The summed E-state index contributed by atoms with van der Waals surface area (Å²) in [6.07, 6.45) is 1.51. The third kappa shape index (κ3) is 2.38. The Balaban J connectivity index is 3.35. The number of aliphatic imine (C=N–C) groups is 1. The highest BCUT2D eigenvalue weighted by Gasteiger charge is 2.12. The molecular weight excluding hydrogens is 214 g/mol. The summed E-state index contributed by atoms with van der Waals surface area (Å²) in [6.45, 7) is 4.15. The molecule has 0 spiro atoms. The number of nitrogens with zero attached hydrogens (tertiary/aromatic N) is 1. The van der Waals surface area contributed by atoms with Gasteiger partial charge in [-0.2, -0.15) is 0 Å². The molecule has 4 heteroatoms. The first kappa shape index (κ1) is 11.8. The zero-order valence-electron chi connectivity index (χ0n) is 8.93. The Labute approximate surface area is 93.7 Å². The van der Waals surface area contributed by atoms with Crippen LogP contribution in [-0.4, -0.2) is 13.2 Å². The topological polar surface area (TPSA) is 38.7 Å². The van der Waals surface area contributed by atoms with Crippen molar-refractivity contribution in [1.82, 2.24) is 0 Å². The van der Waals surface area contributed by atoms with E-state index in [1.165, 1.54) is 6.08 Å². The summed E-state index contributed by atoms with van der Waals surface area (Å²) in [5.74, 6) is 0.582. The Morgan fingerprint density at radius 3 is 2.73 bits per heavy atom. The summed E-state index contributed by atoms with van der Waals surface area (Å²) in [7, 11) is 1.55. The van der Waals surface area contributed by atoms with Crippen molar-refractivity contribution in [3.05, 3.63) is 27.8 Å². The maximum absolute atomic E-state index is 10.1. The van der Waals surface area contributed by atoms with Gasteiger partial charge >= 0.3 is 0 Å². The van der Waals surface area contributed by atoms with Crippen LogP contribution in [0.4, 0.5) is 0 Å². The Bertz CT molecular complexity index is 423. The normalized spacial score (nSPS) is 9.60. The number of hydrogen-bond donors (Lipinski definition) is 0. The van der Waals surface area contributed by atoms with Gasteiger partial charge in [-0.3, -0.25) is 0 Å². The fourth-order valence-corrected chi connectivity index (χ4v) is 1.79. The summed E-state index contributed by atoms with van der Waals surface area (Å²) in [4.78, 5) is 13.6. The maximum Gasteiger partial charge on any atom is 0.235 e. The summed E-state index contributed by atoms with van der Waals surface area (Å²) in [5.41, 5.74) is 2.93. The van der Waals surface area contributed by atoms with Gasteiger partial charge in [0.25, 0.3) is 0 Å². The number of carbonyl (C=O) groups excluding carboxylic acids is 1. The van der Waals surface area contributed by atoms with E-state index >= 15 is 0 Å². The van der Waals surface area contributed by atoms with Crippen LogP contribution in [0, 0.1) is 13.8 Å². The maximum atomic E-state index is 10.1. The van der Waals surface area contributed by atoms with Gasteiger partial charge in [0.2, 0.25) is 6.08 Å². The summed E-state index contributed by atoms with van der Waals surface area (Å²) in [6, 6.07) is 1.84. The molecule has 1 rings (SSSR count). The van der Waals surface area contributed by atoms with E-state index in [2.05, 4.69) is 4.99 Å². The number of isocyanates is 1. The van der Waals surface area contributed by atoms with Crippen LogP contribution in [0.2, 0.25) is 5.02 Å². The number of aryl methyl sites for hydroxylation is 1. The van der Waals surface area contributed by atoms with Crippen LogP contribution in [0.3, 0.4) is 0 Å². The van der Waals surface area contributed by atoms with Gasteiger partial charge in [-0.15, -0.1) is 0 Å². The number of methoxy groups -OCH3 is 1. The standard InChI is InChI=1S/C11H12ClNO2/c1-7-4-10(12)11(15-3)9(8(7)2)5-13-6-14/h4H,5H2,1-3H3. The lowest BCUT2D eigenvalue weighted by Crippen LogP contribution is -1.97. The molecule has 1 aromatic carbocycles. The summed E-state index contributed by atoms with van der Waals surface area (Å²) >= 11 is 6.02. The van der Waals surface area contributed by atoms with E-state index in [1.54, 1.807) is 7.11 Å². The van der Waals surface area contributed by atoms with Crippen molar-refractivity contribution in [2.45, 2.75) is 20.4 Å². The number of benzene rings is 1. The molecule has 80 valence electrons. The quantitative estimate of drug-likeness (QED) is 0.586. The number of rotatable bonds is 3. The minimum atomic E-state index is 0.250. The van der Waals surface area contributed by atoms with E-state index in [4.69, 9.17) is 16.3 Å². The second-order valence-electron chi connectivity index (χ2n) is 3.22. The smallest absolute Gasteiger partial charge is 0.235 e. The molecule has 0 aliphatic rings. The van der Waals surface area contributed by atoms with E-state index in [0.29, 0.717) is 10.8 Å². The minimum absolute atomic E-state index is 0.250. The molecule has 0 atom stereocenters. The molecule has 0 bridgehead atoms. The summed E-state index contributed by atoms with van der Waals surface area (Å²) < 4.78 is 5.19. The number of hydrogen-bond acceptors (Lipinski definition) is 3. The van der Waals surface area contributed by atoms with Crippen LogP contribution < -0.4 is 4.74 Å². The Morgan fingerprint density at radius 2 is 2.20 bits per heavy atom. The predicted octanol–water partition coefficient (Wildman–Crippen LogP) is 2.80. The third-order valence-electron chi connectivity index (χ3n) is 2.38. The van der Waals surface area contributed by atoms with Gasteiger partial charge < -0.3 is 4.74 Å². The molecular formula is C11H12ClNO2. The minimum Gasteiger partial charge on any atom is -0.495 e. The second-order valence-corrected chi connectivity index (χ2v) is 3.63. The highest BCUT2D eigenvalue weighted by molar-refractivity contribution is 6.32. The van der Waals surface area contributed by atoms with Gasteiger partial charge in [-0.05, 0) is 31.0 Å². The lowest BCUT2D eigenvalue weighted by molar-refractivity contribution is 0.409. The molecule has 1 aromatic rings. The molecule has 3 nitrogen and oxygen atoms in total. The van der Waals surface area contributed by atoms with E-state index < -0.39 is 0 Å². The molecule has 0 aliphatic carbocycles. The van der Waals surface area contributed by atoms with E-state index in [1.807, 2.05) is 19.9 Å². The van der Waals surface area contributed by atoms with Gasteiger partial charge in [0.05, 0.1) is 18.7 Å². The van der Waals surface area contributed by atoms with Crippen LogP contribution in [0.25, 0.3) is 0 Å². The molecule has 0 N–H and O–H groups in total. The van der Waals surface area contributed by atoms with E-state index in [-0.39, 0.29) is 6.54 Å². The monoisotopic (exact) mass is 225 g/mol. The SMILES string of the molecule is COc1c(Cl)cc(C)c(C)c1CN=C=O. The Hall–Kier alpha value is -1.31. The largest absolute Gasteiger partial charge is 0.495 e. The number of halogens is 1. The highest BCUT2D eigenvalue weighted by Crippen LogP contribution is 2.33. The molecule has 15 heavy (non-hydrogen) atoms. The average molecular weight is 226 g/mol. The summed E-state index contributed by atoms with van der Waals surface area (Å²) in [5, 5.41) is 0.539. The van der Waals surface area contributed by atoms with Crippen molar-refractivity contribution in [2.24, 2.45) is 4.99 Å². The molecule has 0 amide bonds. The van der Waals surface area contributed by atoms with Crippen LogP contribution in [0.15, 0.2) is 11.1 Å². The average Bonchev–Trinajstić information content (AvgIpc) is 2.21. The van der Waals surface area contributed by atoms with Crippen molar-refractivity contribution >= 4 is 17.7 Å². The van der Waals surface area contributed by atoms with Gasteiger partial charge in [0.1, 0.15) is 5.75 Å². The first-order chi connectivity index (χ1) is 7.11. The molecule has 0 aromatic heterocycles. The van der Waals surface area contributed by atoms with Gasteiger partial charge in [0, 0.05) is 5.56 Å². The van der Waals surface area contributed by atoms with Gasteiger partial charge in [0.15, 0.2) is 0 Å². The Morgan fingerprint density at radius 1 is 1.53 bits per heavy atom. The van der Waals surface area contributed by atoms with Crippen LogP contribution in [-0.2, 0) is 11.3 Å². The van der Waals surface area contributed by atoms with Crippen molar-refractivity contribution in [3.8, 4) is 5.75 Å². The zero-order chi connectivity index (χ0) is 11.4. The molecule has 0 aliphatic heterocycles. The van der Waals surface area contributed by atoms with E-state index in [0.717, 1.165) is 16.7 Å². The van der Waals surface area contributed by atoms with Crippen LogP contribution in [0.5, 0.6) is 5.75 Å². The molecule has 0 fully saturated rings. The molecule has 0 saturated heterocycles. The van der Waals surface area contributed by atoms with Crippen molar-refractivity contribution in [3.63, 3.8) is 0 Å². The molecule has 0 radical (unpaired) electrons. The third-order valence-corrected chi connectivity index (χ3v) is 2.67. The number of ether oxygens (including phenoxy) is 1. The second kappa shape index (κ2) is 4.96. The van der Waals surface area contributed by atoms with Gasteiger partial charge in [-0.1, -0.05) is 11.6 Å². The lowest BCUT2D eigenvalue weighted by Gasteiger charge is -2.13. The first-order valence-corrected chi connectivity index (χ1v) is 4.85. The zero-order valence-corrected chi connectivity index (χ0v) is 9.68. The van der Waals surface area contributed by atoms with Crippen molar-refractivity contribution < 1.29 is 9.53 Å². The van der Waals surface area contributed by atoms with Crippen LogP contribution in [0.1, 0.15) is 16.7 Å². The highest BCUT2D eigenvalue weighted by atomic mass is 35.5. The molecule has 0 unspecified atom stereocenters. The Kier molecular flexibility index (Phi) is 3.89. The fraction of sp³-hybridized carbons (Fsp3) is 0.364. The van der Waals surface area contributed by atoms with Crippen molar-refractivity contribution in [2.75, 3.05) is 7.11 Å². The molecule has 0 saturated carbocycles. The van der Waals surface area contributed by atoms with E-state index in [9.17, 15) is 4.79 Å². The molecule has 0 heterocycles. The van der Waals surface area contributed by atoms with Crippen molar-refractivity contribution in [1.29, 1.82) is 0 Å².